The third kappa shape index (κ3) is 5.06. The van der Waals surface area contributed by atoms with Gasteiger partial charge < -0.3 is 19.4 Å². The fourth-order valence-electron chi connectivity index (χ4n) is 2.84. The maximum atomic E-state index is 10.6. The normalized spacial score (nSPS) is 16.2. The molecule has 0 radical (unpaired) electrons. The highest BCUT2D eigenvalue weighted by Crippen LogP contribution is 2.26. The van der Waals surface area contributed by atoms with Gasteiger partial charge in [0.15, 0.2) is 15.2 Å². The van der Waals surface area contributed by atoms with E-state index in [0.717, 1.165) is 37.7 Å². The standard InChI is InChI=1S/C15H25N3O3Si/c1-22(2)21-11-3-4-13-7-9-17(10-8-13)14-5-6-15(16-12-14)18(19)20/h5-6,12-13,22H,3-4,7-11H2,1-2H3. The molecule has 0 unspecified atom stereocenters. The van der Waals surface area contributed by atoms with Crippen LogP contribution in [-0.2, 0) is 4.43 Å². The summed E-state index contributed by atoms with van der Waals surface area (Å²) in [4.78, 5) is 16.3. The van der Waals surface area contributed by atoms with Gasteiger partial charge in [0.25, 0.3) is 0 Å². The van der Waals surface area contributed by atoms with Crippen molar-refractivity contribution in [2.75, 3.05) is 24.6 Å². The third-order valence-corrected chi connectivity index (χ3v) is 5.01. The van der Waals surface area contributed by atoms with Gasteiger partial charge in [-0.1, -0.05) is 0 Å². The maximum Gasteiger partial charge on any atom is 0.363 e. The Labute approximate surface area is 133 Å². The van der Waals surface area contributed by atoms with Gasteiger partial charge in [0.2, 0.25) is 0 Å². The van der Waals surface area contributed by atoms with Gasteiger partial charge in [-0.25, -0.2) is 0 Å². The number of nitro groups is 1. The minimum Gasteiger partial charge on any atom is -0.421 e. The molecule has 1 aliphatic heterocycles. The predicted molar refractivity (Wildman–Crippen MR) is 89.9 cm³/mol. The molecule has 22 heavy (non-hydrogen) atoms. The summed E-state index contributed by atoms with van der Waals surface area (Å²) < 4.78 is 5.72. The van der Waals surface area contributed by atoms with Crippen LogP contribution in [-0.4, -0.2) is 38.6 Å². The molecule has 0 amide bonds. The van der Waals surface area contributed by atoms with Crippen LogP contribution in [0.1, 0.15) is 25.7 Å². The number of piperidine rings is 1. The van der Waals surface area contributed by atoms with E-state index in [1.807, 2.05) is 0 Å². The van der Waals surface area contributed by atoms with Crippen LogP contribution in [0.5, 0.6) is 0 Å². The number of aromatic nitrogens is 1. The fourth-order valence-corrected chi connectivity index (χ4v) is 3.48. The SMILES string of the molecule is C[SiH](C)OCCCC1CCN(c2ccc([N+](=O)[O-])nc2)CC1. The van der Waals surface area contributed by atoms with Gasteiger partial charge in [-0.05, 0) is 60.7 Å². The lowest BCUT2D eigenvalue weighted by molar-refractivity contribution is -0.389. The fraction of sp³-hybridized carbons (Fsp3) is 0.667. The average molecular weight is 323 g/mol. The van der Waals surface area contributed by atoms with Crippen molar-refractivity contribution in [2.24, 2.45) is 5.92 Å². The van der Waals surface area contributed by atoms with Crippen LogP contribution in [0.25, 0.3) is 0 Å². The summed E-state index contributed by atoms with van der Waals surface area (Å²) in [5.41, 5.74) is 0.984. The van der Waals surface area contributed by atoms with E-state index in [0.29, 0.717) is 0 Å². The second-order valence-corrected chi connectivity index (χ2v) is 8.55. The molecular weight excluding hydrogens is 298 g/mol. The molecule has 0 saturated carbocycles. The van der Waals surface area contributed by atoms with Crippen molar-refractivity contribution in [1.29, 1.82) is 0 Å². The first-order valence-corrected chi connectivity index (χ1v) is 10.8. The van der Waals surface area contributed by atoms with Gasteiger partial charge in [-0.3, -0.25) is 0 Å². The lowest BCUT2D eigenvalue weighted by Crippen LogP contribution is -2.33. The highest BCUT2D eigenvalue weighted by Gasteiger charge is 2.20. The molecule has 0 N–H and O–H groups in total. The Balaban J connectivity index is 1.73. The Kier molecular flexibility index (Phi) is 6.32. The lowest BCUT2D eigenvalue weighted by Gasteiger charge is -2.33. The predicted octanol–water partition coefficient (Wildman–Crippen LogP) is 2.99. The summed E-state index contributed by atoms with van der Waals surface area (Å²) in [6.07, 6.45) is 6.37. The van der Waals surface area contributed by atoms with Gasteiger partial charge >= 0.3 is 5.82 Å². The zero-order valence-electron chi connectivity index (χ0n) is 13.4. The van der Waals surface area contributed by atoms with Crippen molar-refractivity contribution in [3.8, 4) is 0 Å². The molecule has 122 valence electrons. The molecule has 2 heterocycles. The van der Waals surface area contributed by atoms with E-state index >= 15 is 0 Å². The van der Waals surface area contributed by atoms with Crippen molar-refractivity contribution in [1.82, 2.24) is 4.98 Å². The topological polar surface area (TPSA) is 68.5 Å². The molecule has 6 nitrogen and oxygen atoms in total. The largest absolute Gasteiger partial charge is 0.421 e. The van der Waals surface area contributed by atoms with Crippen LogP contribution in [0.2, 0.25) is 13.1 Å². The van der Waals surface area contributed by atoms with E-state index in [9.17, 15) is 10.1 Å². The van der Waals surface area contributed by atoms with Crippen molar-refractivity contribution >= 4 is 20.5 Å². The minimum atomic E-state index is -0.871. The molecule has 1 fully saturated rings. The summed E-state index contributed by atoms with van der Waals surface area (Å²) >= 11 is 0. The lowest BCUT2D eigenvalue weighted by atomic mass is 9.92. The summed E-state index contributed by atoms with van der Waals surface area (Å²) in [5.74, 6) is 0.687. The van der Waals surface area contributed by atoms with Gasteiger partial charge in [-0.15, -0.1) is 0 Å². The van der Waals surface area contributed by atoms with Crippen LogP contribution >= 0.6 is 0 Å². The first kappa shape index (κ1) is 16.9. The minimum absolute atomic E-state index is 0.0904. The Morgan fingerprint density at radius 1 is 1.41 bits per heavy atom. The Morgan fingerprint density at radius 3 is 2.68 bits per heavy atom. The van der Waals surface area contributed by atoms with Crippen molar-refractivity contribution < 1.29 is 9.35 Å². The van der Waals surface area contributed by atoms with Crippen LogP contribution < -0.4 is 4.90 Å². The van der Waals surface area contributed by atoms with Crippen molar-refractivity contribution in [3.63, 3.8) is 0 Å². The van der Waals surface area contributed by atoms with E-state index in [2.05, 4.69) is 23.0 Å². The highest BCUT2D eigenvalue weighted by atomic mass is 28.3. The zero-order valence-corrected chi connectivity index (χ0v) is 14.6. The molecule has 0 atom stereocenters. The highest BCUT2D eigenvalue weighted by molar-refractivity contribution is 6.48. The molecule has 7 heteroatoms. The molecule has 2 rings (SSSR count). The number of pyridine rings is 1. The maximum absolute atomic E-state index is 10.6. The average Bonchev–Trinajstić information content (AvgIpc) is 2.52. The van der Waals surface area contributed by atoms with E-state index in [1.165, 1.54) is 25.3 Å². The number of hydrogen-bond donors (Lipinski definition) is 0. The number of hydrogen-bond acceptors (Lipinski definition) is 5. The molecule has 1 saturated heterocycles. The van der Waals surface area contributed by atoms with Crippen LogP contribution in [0.15, 0.2) is 18.3 Å². The van der Waals surface area contributed by atoms with Gasteiger partial charge in [-0.2, -0.15) is 0 Å². The Morgan fingerprint density at radius 2 is 2.14 bits per heavy atom. The van der Waals surface area contributed by atoms with E-state index in [4.69, 9.17) is 4.43 Å². The molecular formula is C15H25N3O3Si. The zero-order chi connectivity index (χ0) is 15.9. The summed E-state index contributed by atoms with van der Waals surface area (Å²) in [6.45, 7) is 7.33. The summed E-state index contributed by atoms with van der Waals surface area (Å²) in [5, 5.41) is 10.6. The molecule has 0 aromatic carbocycles. The third-order valence-electron chi connectivity index (χ3n) is 4.11. The van der Waals surface area contributed by atoms with Crippen molar-refractivity contribution in [3.05, 3.63) is 28.4 Å². The number of anilines is 1. The smallest absolute Gasteiger partial charge is 0.363 e. The van der Waals surface area contributed by atoms with Gasteiger partial charge in [0.1, 0.15) is 0 Å². The van der Waals surface area contributed by atoms with E-state index in [-0.39, 0.29) is 5.82 Å². The monoisotopic (exact) mass is 323 g/mol. The molecule has 1 aromatic heterocycles. The quantitative estimate of drug-likeness (QED) is 0.334. The molecule has 1 aromatic rings. The molecule has 0 aliphatic carbocycles. The first-order chi connectivity index (χ1) is 10.6. The summed E-state index contributed by atoms with van der Waals surface area (Å²) in [7, 11) is -0.871. The Hall–Kier alpha value is -1.47. The van der Waals surface area contributed by atoms with E-state index in [1.54, 1.807) is 12.3 Å². The number of nitrogens with zero attached hydrogens (tertiary/aromatic N) is 3. The number of rotatable bonds is 7. The Bertz CT molecular complexity index is 473. The second kappa shape index (κ2) is 8.24. The summed E-state index contributed by atoms with van der Waals surface area (Å²) in [6, 6.07) is 3.28. The van der Waals surface area contributed by atoms with Gasteiger partial charge in [0.05, 0.1) is 5.69 Å². The van der Waals surface area contributed by atoms with Crippen LogP contribution in [0.3, 0.4) is 0 Å². The molecule has 0 spiro atoms. The van der Waals surface area contributed by atoms with Crippen LogP contribution in [0, 0.1) is 16.0 Å². The van der Waals surface area contributed by atoms with Gasteiger partial charge in [0, 0.05) is 25.8 Å². The first-order valence-electron chi connectivity index (χ1n) is 8.03. The molecule has 1 aliphatic rings. The second-order valence-electron chi connectivity index (χ2n) is 6.12. The van der Waals surface area contributed by atoms with Crippen molar-refractivity contribution in [2.45, 2.75) is 38.8 Å². The molecule has 0 bridgehead atoms. The van der Waals surface area contributed by atoms with E-state index < -0.39 is 14.0 Å². The van der Waals surface area contributed by atoms with Crippen LogP contribution in [0.4, 0.5) is 11.5 Å².